The van der Waals surface area contributed by atoms with E-state index in [1.54, 1.807) is 0 Å². The molecule has 4 nitrogen and oxygen atoms in total. The molecule has 3 N–H and O–H groups in total. The molecule has 0 bridgehead atoms. The van der Waals surface area contributed by atoms with E-state index in [2.05, 4.69) is 24.5 Å². The van der Waals surface area contributed by atoms with Gasteiger partial charge in [0.15, 0.2) is 0 Å². The monoisotopic (exact) mass is 358 g/mol. The van der Waals surface area contributed by atoms with Crippen molar-refractivity contribution in [3.05, 3.63) is 23.8 Å². The number of allylic oxidation sites excluding steroid dienone is 3. The Balaban J connectivity index is 1.59. The average molecular weight is 358 g/mol. The molecule has 3 aliphatic rings. The van der Waals surface area contributed by atoms with Crippen LogP contribution in [0.25, 0.3) is 0 Å². The molecular weight excluding hydrogens is 328 g/mol. The highest BCUT2D eigenvalue weighted by atomic mass is 16.4. The molecule has 1 unspecified atom stereocenters. The van der Waals surface area contributed by atoms with Gasteiger partial charge in [0, 0.05) is 6.42 Å². The summed E-state index contributed by atoms with van der Waals surface area (Å²) in [7, 11) is 0. The molecule has 142 valence electrons. The minimum absolute atomic E-state index is 0.0564. The molecule has 0 heterocycles. The first-order valence-electron chi connectivity index (χ1n) is 9.88. The van der Waals surface area contributed by atoms with E-state index in [1.165, 1.54) is 11.1 Å². The Kier molecular flexibility index (Phi) is 5.89. The van der Waals surface area contributed by atoms with Gasteiger partial charge in [0.25, 0.3) is 0 Å². The molecule has 3 aliphatic carbocycles. The van der Waals surface area contributed by atoms with Gasteiger partial charge >= 0.3 is 5.97 Å². The van der Waals surface area contributed by atoms with E-state index in [-0.39, 0.29) is 12.3 Å². The maximum Gasteiger partial charge on any atom is 0.303 e. The Labute approximate surface area is 156 Å². The van der Waals surface area contributed by atoms with Gasteiger partial charge in [-0.05, 0) is 69.6 Å². The molecule has 0 saturated heterocycles. The van der Waals surface area contributed by atoms with Crippen LogP contribution in [0.2, 0.25) is 0 Å². The molecule has 0 aliphatic heterocycles. The highest BCUT2D eigenvalue weighted by Gasteiger charge is 2.46. The molecule has 0 spiro atoms. The van der Waals surface area contributed by atoms with Crippen molar-refractivity contribution in [2.45, 2.75) is 75.9 Å². The summed E-state index contributed by atoms with van der Waals surface area (Å²) >= 11 is 0. The highest BCUT2D eigenvalue weighted by molar-refractivity contribution is 5.66. The van der Waals surface area contributed by atoms with Crippen LogP contribution in [-0.4, -0.2) is 33.0 Å². The number of aliphatic hydroxyl groups excluding tert-OH is 1. The van der Waals surface area contributed by atoms with Crippen molar-refractivity contribution in [3.8, 4) is 11.8 Å². The molecular formula is C22H30O4. The summed E-state index contributed by atoms with van der Waals surface area (Å²) in [6.45, 7) is 3.98. The van der Waals surface area contributed by atoms with Crippen molar-refractivity contribution in [2.75, 3.05) is 0 Å². The summed E-state index contributed by atoms with van der Waals surface area (Å²) in [5.74, 6) is 6.40. The van der Waals surface area contributed by atoms with Crippen molar-refractivity contribution in [3.63, 3.8) is 0 Å². The first kappa shape index (κ1) is 19.2. The summed E-state index contributed by atoms with van der Waals surface area (Å²) in [6, 6.07) is 0. The standard InChI is InChI=1S/C22H30O4/c1-15-8-11-22(26,12-9-15)13-10-18-19-14-16(4-2-3-5-21(24)25)17(19)6-7-20(18)23/h4,17-20,23,26H,1-3,5-9,11-12,14H2,(H,24,25)/b16-4-/t17-,18?,19+,20-/m1/s1. The number of carboxylic acid groups (broad SMARTS) is 1. The Morgan fingerprint density at radius 1 is 1.31 bits per heavy atom. The topological polar surface area (TPSA) is 77.8 Å². The Morgan fingerprint density at radius 2 is 2.04 bits per heavy atom. The van der Waals surface area contributed by atoms with E-state index in [9.17, 15) is 15.0 Å². The number of aliphatic carboxylic acids is 1. The van der Waals surface area contributed by atoms with Crippen LogP contribution in [0.15, 0.2) is 23.8 Å². The predicted molar refractivity (Wildman–Crippen MR) is 100 cm³/mol. The van der Waals surface area contributed by atoms with Crippen LogP contribution in [0.1, 0.15) is 64.2 Å². The molecule has 0 aromatic rings. The maximum atomic E-state index is 10.7. The van der Waals surface area contributed by atoms with E-state index in [1.807, 2.05) is 0 Å². The first-order chi connectivity index (χ1) is 12.4. The molecule has 4 heteroatoms. The molecule has 0 amide bonds. The molecule has 3 saturated carbocycles. The summed E-state index contributed by atoms with van der Waals surface area (Å²) in [4.78, 5) is 10.6. The second-order valence-electron chi connectivity index (χ2n) is 8.26. The van der Waals surface area contributed by atoms with Gasteiger partial charge in [-0.2, -0.15) is 0 Å². The number of fused-ring (bicyclic) bond motifs is 1. The molecule has 3 fully saturated rings. The van der Waals surface area contributed by atoms with Gasteiger partial charge in [-0.25, -0.2) is 0 Å². The Morgan fingerprint density at radius 3 is 2.73 bits per heavy atom. The zero-order valence-electron chi connectivity index (χ0n) is 15.4. The average Bonchev–Trinajstić information content (AvgIpc) is 2.57. The van der Waals surface area contributed by atoms with Gasteiger partial charge in [-0.15, -0.1) is 0 Å². The van der Waals surface area contributed by atoms with Gasteiger partial charge in [0.2, 0.25) is 0 Å². The number of carboxylic acids is 1. The number of hydrogen-bond acceptors (Lipinski definition) is 3. The second kappa shape index (κ2) is 7.98. The minimum atomic E-state index is -0.924. The maximum absolute atomic E-state index is 10.7. The number of aliphatic hydroxyl groups is 2. The van der Waals surface area contributed by atoms with E-state index < -0.39 is 17.7 Å². The van der Waals surface area contributed by atoms with Crippen molar-refractivity contribution < 1.29 is 20.1 Å². The Bertz CT molecular complexity index is 641. The minimum Gasteiger partial charge on any atom is -0.481 e. The number of unbranched alkanes of at least 4 members (excludes halogenated alkanes) is 1. The molecule has 0 aromatic heterocycles. The zero-order valence-corrected chi connectivity index (χ0v) is 15.4. The zero-order chi connectivity index (χ0) is 18.7. The third kappa shape index (κ3) is 4.39. The largest absolute Gasteiger partial charge is 0.481 e. The van der Waals surface area contributed by atoms with E-state index in [0.717, 1.165) is 38.5 Å². The summed E-state index contributed by atoms with van der Waals surface area (Å²) in [6.07, 6.45) is 9.14. The van der Waals surface area contributed by atoms with E-state index in [4.69, 9.17) is 5.11 Å². The summed E-state index contributed by atoms with van der Waals surface area (Å²) < 4.78 is 0. The van der Waals surface area contributed by atoms with E-state index >= 15 is 0 Å². The normalized spacial score (nSPS) is 34.4. The molecule has 0 aromatic carbocycles. The lowest BCUT2D eigenvalue weighted by atomic mass is 9.57. The molecule has 0 radical (unpaired) electrons. The predicted octanol–water partition coefficient (Wildman–Crippen LogP) is 3.44. The van der Waals surface area contributed by atoms with Crippen LogP contribution in [0, 0.1) is 29.6 Å². The lowest BCUT2D eigenvalue weighted by Gasteiger charge is -2.48. The van der Waals surface area contributed by atoms with Crippen LogP contribution in [0.5, 0.6) is 0 Å². The van der Waals surface area contributed by atoms with Crippen LogP contribution in [0.4, 0.5) is 0 Å². The summed E-state index contributed by atoms with van der Waals surface area (Å²) in [5, 5.41) is 29.8. The van der Waals surface area contributed by atoms with Crippen molar-refractivity contribution >= 4 is 5.97 Å². The van der Waals surface area contributed by atoms with Crippen molar-refractivity contribution in [2.24, 2.45) is 17.8 Å². The van der Waals surface area contributed by atoms with Crippen molar-refractivity contribution in [1.29, 1.82) is 0 Å². The van der Waals surface area contributed by atoms with Gasteiger partial charge in [0.1, 0.15) is 5.60 Å². The number of carbonyl (C=O) groups is 1. The van der Waals surface area contributed by atoms with Crippen LogP contribution in [0.3, 0.4) is 0 Å². The third-order valence-corrected chi connectivity index (χ3v) is 6.37. The molecule has 3 rings (SSSR count). The smallest absolute Gasteiger partial charge is 0.303 e. The second-order valence-corrected chi connectivity index (χ2v) is 8.26. The number of rotatable bonds is 4. The fourth-order valence-corrected chi connectivity index (χ4v) is 4.61. The van der Waals surface area contributed by atoms with Crippen LogP contribution >= 0.6 is 0 Å². The fraction of sp³-hybridized carbons (Fsp3) is 0.682. The summed E-state index contributed by atoms with van der Waals surface area (Å²) in [5.41, 5.74) is 1.67. The number of hydrogen-bond donors (Lipinski definition) is 3. The van der Waals surface area contributed by atoms with Gasteiger partial charge in [-0.1, -0.05) is 35.6 Å². The lowest BCUT2D eigenvalue weighted by molar-refractivity contribution is -0.137. The Hall–Kier alpha value is -1.57. The lowest BCUT2D eigenvalue weighted by Crippen LogP contribution is -2.44. The van der Waals surface area contributed by atoms with Crippen LogP contribution in [-0.2, 0) is 4.79 Å². The highest BCUT2D eigenvalue weighted by Crippen LogP contribution is 2.51. The molecule has 4 atom stereocenters. The third-order valence-electron chi connectivity index (χ3n) is 6.37. The van der Waals surface area contributed by atoms with Crippen molar-refractivity contribution in [1.82, 2.24) is 0 Å². The van der Waals surface area contributed by atoms with E-state index in [0.29, 0.717) is 31.1 Å². The van der Waals surface area contributed by atoms with Gasteiger partial charge in [0.05, 0.1) is 12.0 Å². The van der Waals surface area contributed by atoms with Gasteiger partial charge < -0.3 is 15.3 Å². The van der Waals surface area contributed by atoms with Gasteiger partial charge in [-0.3, -0.25) is 4.79 Å². The quantitative estimate of drug-likeness (QED) is 0.409. The fourth-order valence-electron chi connectivity index (χ4n) is 4.61. The van der Waals surface area contributed by atoms with Crippen LogP contribution < -0.4 is 0 Å². The first-order valence-corrected chi connectivity index (χ1v) is 9.88. The SMILES string of the molecule is C=C1CCC(O)(C#CC2[C@H](O)CC[C@@H]3/C(=C\CCCC(=O)O)C[C@H]23)CC1. The molecule has 26 heavy (non-hydrogen) atoms.